The highest BCUT2D eigenvalue weighted by Gasteiger charge is 2.26. The van der Waals surface area contributed by atoms with Crippen LogP contribution in [0.1, 0.15) is 37.0 Å². The van der Waals surface area contributed by atoms with Crippen LogP contribution in [0.5, 0.6) is 0 Å². The lowest BCUT2D eigenvalue weighted by atomic mass is 10.1. The Morgan fingerprint density at radius 3 is 2.43 bits per heavy atom. The molecule has 3 nitrogen and oxygen atoms in total. The van der Waals surface area contributed by atoms with Gasteiger partial charge in [-0.25, -0.2) is 13.2 Å². The minimum atomic E-state index is -1.56. The summed E-state index contributed by atoms with van der Waals surface area (Å²) in [7, 11) is 0. The predicted molar refractivity (Wildman–Crippen MR) is 73.5 cm³/mol. The van der Waals surface area contributed by atoms with Crippen LogP contribution in [0.4, 0.5) is 13.2 Å². The maximum absolute atomic E-state index is 13.3. The van der Waals surface area contributed by atoms with Crippen molar-refractivity contribution in [2.45, 2.75) is 38.8 Å². The molecule has 0 aliphatic carbocycles. The molecule has 1 amide bonds. The van der Waals surface area contributed by atoms with Crippen molar-refractivity contribution in [3.63, 3.8) is 0 Å². The monoisotopic (exact) mass is 300 g/mol. The third-order valence-electron chi connectivity index (χ3n) is 3.69. The lowest BCUT2D eigenvalue weighted by Crippen LogP contribution is -2.44. The molecule has 0 saturated carbocycles. The van der Waals surface area contributed by atoms with Crippen LogP contribution in [0.3, 0.4) is 0 Å². The second-order valence-electron chi connectivity index (χ2n) is 5.60. The van der Waals surface area contributed by atoms with Gasteiger partial charge in [-0.15, -0.1) is 0 Å². The van der Waals surface area contributed by atoms with Gasteiger partial charge in [-0.05, 0) is 45.4 Å². The number of halogens is 3. The zero-order chi connectivity index (χ0) is 15.6. The molecule has 1 atom stereocenters. The van der Waals surface area contributed by atoms with Crippen LogP contribution < -0.4 is 5.32 Å². The molecule has 1 N–H and O–H groups in total. The van der Waals surface area contributed by atoms with E-state index >= 15 is 0 Å². The van der Waals surface area contributed by atoms with Crippen LogP contribution in [-0.4, -0.2) is 36.0 Å². The Labute approximate surface area is 122 Å². The Balaban J connectivity index is 2.21. The molecule has 116 valence electrons. The largest absolute Gasteiger partial charge is 0.335 e. The van der Waals surface area contributed by atoms with E-state index in [1.165, 1.54) is 0 Å². The Hall–Kier alpha value is -1.56. The second-order valence-corrected chi connectivity index (χ2v) is 5.60. The molecule has 1 fully saturated rings. The number of amides is 1. The molecule has 1 aliphatic rings. The Kier molecular flexibility index (Phi) is 4.88. The quantitative estimate of drug-likeness (QED) is 0.867. The first-order valence-corrected chi connectivity index (χ1v) is 7.09. The highest BCUT2D eigenvalue weighted by molar-refractivity contribution is 5.94. The van der Waals surface area contributed by atoms with Gasteiger partial charge in [0.15, 0.2) is 17.5 Å². The van der Waals surface area contributed by atoms with Crippen molar-refractivity contribution < 1.29 is 18.0 Å². The molecule has 1 unspecified atom stereocenters. The molecule has 6 heteroatoms. The van der Waals surface area contributed by atoms with E-state index in [-0.39, 0.29) is 17.6 Å². The fourth-order valence-electron chi connectivity index (χ4n) is 2.52. The van der Waals surface area contributed by atoms with Crippen molar-refractivity contribution >= 4 is 5.91 Å². The first-order valence-electron chi connectivity index (χ1n) is 7.09. The van der Waals surface area contributed by atoms with E-state index in [4.69, 9.17) is 0 Å². The van der Waals surface area contributed by atoms with Gasteiger partial charge < -0.3 is 10.2 Å². The van der Waals surface area contributed by atoms with E-state index in [0.717, 1.165) is 31.5 Å². The van der Waals surface area contributed by atoms with Crippen molar-refractivity contribution in [3.8, 4) is 0 Å². The Morgan fingerprint density at radius 2 is 1.95 bits per heavy atom. The third-order valence-corrected chi connectivity index (χ3v) is 3.69. The second kappa shape index (κ2) is 6.47. The van der Waals surface area contributed by atoms with Crippen molar-refractivity contribution in [2.24, 2.45) is 0 Å². The van der Waals surface area contributed by atoms with Crippen LogP contribution in [0.15, 0.2) is 12.1 Å². The van der Waals surface area contributed by atoms with Gasteiger partial charge in [-0.3, -0.25) is 4.79 Å². The number of rotatable bonds is 4. The molecule has 1 heterocycles. The first kappa shape index (κ1) is 15.8. The molecule has 21 heavy (non-hydrogen) atoms. The number of hydrogen-bond donors (Lipinski definition) is 1. The zero-order valence-electron chi connectivity index (χ0n) is 12.1. The zero-order valence-corrected chi connectivity index (χ0v) is 12.1. The van der Waals surface area contributed by atoms with E-state index in [0.29, 0.717) is 6.54 Å². The van der Waals surface area contributed by atoms with Crippen molar-refractivity contribution in [1.29, 1.82) is 0 Å². The number of benzene rings is 1. The van der Waals surface area contributed by atoms with Crippen molar-refractivity contribution in [1.82, 2.24) is 10.2 Å². The van der Waals surface area contributed by atoms with E-state index in [1.54, 1.807) is 4.90 Å². The summed E-state index contributed by atoms with van der Waals surface area (Å²) in [6.07, 6.45) is 2.01. The summed E-state index contributed by atoms with van der Waals surface area (Å²) in [5, 5.41) is 3.28. The molecular formula is C15H19F3N2O. The number of nitrogens with one attached hydrogen (secondary N) is 1. The SMILES string of the molecule is CC(C)N(CC1CCCN1)C(=O)c1cc(F)c(F)c(F)c1. The Morgan fingerprint density at radius 1 is 1.33 bits per heavy atom. The molecule has 1 saturated heterocycles. The summed E-state index contributed by atoms with van der Waals surface area (Å²) in [6, 6.07) is 1.57. The molecule has 0 radical (unpaired) electrons. The topological polar surface area (TPSA) is 32.3 Å². The average molecular weight is 300 g/mol. The lowest BCUT2D eigenvalue weighted by Gasteiger charge is -2.29. The van der Waals surface area contributed by atoms with Gasteiger partial charge >= 0.3 is 0 Å². The van der Waals surface area contributed by atoms with Crippen LogP contribution in [0.2, 0.25) is 0 Å². The van der Waals surface area contributed by atoms with E-state index in [1.807, 2.05) is 13.8 Å². The van der Waals surface area contributed by atoms with Crippen LogP contribution in [0, 0.1) is 17.5 Å². The van der Waals surface area contributed by atoms with Gasteiger partial charge in [-0.2, -0.15) is 0 Å². The van der Waals surface area contributed by atoms with Gasteiger partial charge in [0.25, 0.3) is 5.91 Å². The minimum Gasteiger partial charge on any atom is -0.335 e. The predicted octanol–water partition coefficient (Wildman–Crippen LogP) is 2.71. The summed E-state index contributed by atoms with van der Waals surface area (Å²) >= 11 is 0. The first-order chi connectivity index (χ1) is 9.90. The maximum atomic E-state index is 13.3. The minimum absolute atomic E-state index is 0.115. The van der Waals surface area contributed by atoms with Gasteiger partial charge in [-0.1, -0.05) is 0 Å². The Bertz CT molecular complexity index is 505. The smallest absolute Gasteiger partial charge is 0.254 e. The van der Waals surface area contributed by atoms with Gasteiger partial charge in [0, 0.05) is 24.2 Å². The number of hydrogen-bond acceptors (Lipinski definition) is 2. The number of carbonyl (C=O) groups excluding carboxylic acids is 1. The molecule has 0 spiro atoms. The van der Waals surface area contributed by atoms with Crippen LogP contribution in [-0.2, 0) is 0 Å². The summed E-state index contributed by atoms with van der Waals surface area (Å²) in [5.41, 5.74) is -0.168. The molecule has 1 aromatic carbocycles. The van der Waals surface area contributed by atoms with Gasteiger partial charge in [0.05, 0.1) is 0 Å². The standard InChI is InChI=1S/C15H19F3N2O/c1-9(2)20(8-11-4-3-5-19-11)15(21)10-6-12(16)14(18)13(17)7-10/h6-7,9,11,19H,3-5,8H2,1-2H3. The molecule has 1 aromatic rings. The van der Waals surface area contributed by atoms with Gasteiger partial charge in [0.2, 0.25) is 0 Å². The summed E-state index contributed by atoms with van der Waals surface area (Å²) in [6.45, 7) is 5.05. The summed E-state index contributed by atoms with van der Waals surface area (Å²) in [5.74, 6) is -4.74. The molecule has 0 bridgehead atoms. The highest BCUT2D eigenvalue weighted by Crippen LogP contribution is 2.17. The van der Waals surface area contributed by atoms with Crippen LogP contribution in [0.25, 0.3) is 0 Å². The third kappa shape index (κ3) is 3.56. The molecule has 0 aromatic heterocycles. The van der Waals surface area contributed by atoms with Crippen molar-refractivity contribution in [3.05, 3.63) is 35.1 Å². The molecule has 2 rings (SSSR count). The number of nitrogens with zero attached hydrogens (tertiary/aromatic N) is 1. The highest BCUT2D eigenvalue weighted by atomic mass is 19.2. The molecular weight excluding hydrogens is 281 g/mol. The lowest BCUT2D eigenvalue weighted by molar-refractivity contribution is 0.0688. The fraction of sp³-hybridized carbons (Fsp3) is 0.533. The summed E-state index contributed by atoms with van der Waals surface area (Å²) in [4.78, 5) is 14.0. The summed E-state index contributed by atoms with van der Waals surface area (Å²) < 4.78 is 39.5. The normalized spacial score (nSPS) is 18.3. The fourth-order valence-corrected chi connectivity index (χ4v) is 2.52. The molecule has 1 aliphatic heterocycles. The van der Waals surface area contributed by atoms with Crippen molar-refractivity contribution in [2.75, 3.05) is 13.1 Å². The van der Waals surface area contributed by atoms with Gasteiger partial charge in [0.1, 0.15) is 0 Å². The van der Waals surface area contributed by atoms with E-state index in [2.05, 4.69) is 5.32 Å². The van der Waals surface area contributed by atoms with E-state index in [9.17, 15) is 18.0 Å². The maximum Gasteiger partial charge on any atom is 0.254 e. The van der Waals surface area contributed by atoms with E-state index < -0.39 is 23.4 Å². The number of carbonyl (C=O) groups is 1. The van der Waals surface area contributed by atoms with Crippen LogP contribution >= 0.6 is 0 Å². The average Bonchev–Trinajstić information content (AvgIpc) is 2.93.